The van der Waals surface area contributed by atoms with Crippen molar-refractivity contribution < 1.29 is 8.83 Å². The summed E-state index contributed by atoms with van der Waals surface area (Å²) in [5, 5.41) is 5.98. The van der Waals surface area contributed by atoms with Gasteiger partial charge in [-0.15, -0.1) is 0 Å². The Kier molecular flexibility index (Phi) is 7.09. The second-order valence-corrected chi connectivity index (χ2v) is 7.73. The van der Waals surface area contributed by atoms with Crippen molar-refractivity contribution in [3.8, 4) is 0 Å². The number of hydrogen-bond acceptors (Lipinski definition) is 14. The molecular formula is C21H28N12O2. The van der Waals surface area contributed by atoms with E-state index in [9.17, 15) is 0 Å². The Balaban J connectivity index is 1.35. The molecule has 0 aliphatic rings. The van der Waals surface area contributed by atoms with Crippen molar-refractivity contribution in [3.63, 3.8) is 0 Å². The lowest BCUT2D eigenvalue weighted by molar-refractivity contribution is 0.508. The van der Waals surface area contributed by atoms with Crippen LogP contribution < -0.4 is 31.9 Å². The molecule has 4 aromatic heterocycles. The molecule has 0 radical (unpaired) electrons. The van der Waals surface area contributed by atoms with Crippen LogP contribution in [-0.4, -0.2) is 64.1 Å². The number of nitrogens with one attached hydrogen (secondary N) is 2. The van der Waals surface area contributed by atoms with Crippen LogP contribution in [0, 0.1) is 0 Å². The van der Waals surface area contributed by atoms with Crippen molar-refractivity contribution in [1.82, 2.24) is 29.9 Å². The summed E-state index contributed by atoms with van der Waals surface area (Å²) in [5.74, 6) is 3.56. The minimum absolute atomic E-state index is 0.116. The van der Waals surface area contributed by atoms with Gasteiger partial charge in [-0.1, -0.05) is 0 Å². The van der Waals surface area contributed by atoms with E-state index in [1.165, 1.54) is 0 Å². The van der Waals surface area contributed by atoms with Crippen LogP contribution in [0.15, 0.2) is 39.6 Å². The SMILES string of the molecule is CNc1nc(N)nc(N(C)CCc2cc(Nc3nc(N)nc(N(C)CCc4ccco4)n3)co2)n1. The number of hydrogen-bond donors (Lipinski definition) is 4. The molecule has 14 heteroatoms. The monoisotopic (exact) mass is 480 g/mol. The molecule has 184 valence electrons. The predicted molar refractivity (Wildman–Crippen MR) is 133 cm³/mol. The highest BCUT2D eigenvalue weighted by molar-refractivity contribution is 5.54. The smallest absolute Gasteiger partial charge is 0.233 e. The highest BCUT2D eigenvalue weighted by Crippen LogP contribution is 2.20. The van der Waals surface area contributed by atoms with Crippen LogP contribution in [0.2, 0.25) is 0 Å². The summed E-state index contributed by atoms with van der Waals surface area (Å²) in [6, 6.07) is 5.66. The fraction of sp³-hybridized carbons (Fsp3) is 0.333. The van der Waals surface area contributed by atoms with Gasteiger partial charge < -0.3 is 40.7 Å². The number of anilines is 7. The molecule has 14 nitrogen and oxygen atoms in total. The topological polar surface area (TPSA) is 186 Å². The van der Waals surface area contributed by atoms with Gasteiger partial charge in [-0.3, -0.25) is 0 Å². The van der Waals surface area contributed by atoms with Crippen molar-refractivity contribution in [2.24, 2.45) is 0 Å². The maximum atomic E-state index is 5.91. The molecule has 0 aromatic carbocycles. The van der Waals surface area contributed by atoms with E-state index in [2.05, 4.69) is 40.5 Å². The molecule has 0 amide bonds. The van der Waals surface area contributed by atoms with Crippen LogP contribution in [0.1, 0.15) is 11.5 Å². The standard InChI is InChI=1S/C21H28N12O2/c1-24-18-26-16(22)28-20(30-18)33(3)9-7-15-11-13(12-35-15)25-19-27-17(23)29-21(31-19)32(2)8-6-14-5-4-10-34-14/h4-5,10-12H,6-9H2,1-3H3,(H3,22,24,26,28,30)(H3,23,25,27,29,31). The largest absolute Gasteiger partial charge is 0.469 e. The first-order chi connectivity index (χ1) is 16.9. The van der Waals surface area contributed by atoms with Gasteiger partial charge in [0.05, 0.1) is 12.0 Å². The van der Waals surface area contributed by atoms with Gasteiger partial charge >= 0.3 is 0 Å². The van der Waals surface area contributed by atoms with E-state index in [-0.39, 0.29) is 11.9 Å². The number of rotatable bonds is 11. The van der Waals surface area contributed by atoms with Crippen LogP contribution in [-0.2, 0) is 12.8 Å². The summed E-state index contributed by atoms with van der Waals surface area (Å²) in [6.07, 6.45) is 4.57. The van der Waals surface area contributed by atoms with Crippen molar-refractivity contribution in [3.05, 3.63) is 42.2 Å². The zero-order valence-electron chi connectivity index (χ0n) is 19.8. The Bertz CT molecular complexity index is 1240. The van der Waals surface area contributed by atoms with Crippen LogP contribution >= 0.6 is 0 Å². The molecule has 0 unspecified atom stereocenters. The van der Waals surface area contributed by atoms with E-state index in [0.29, 0.717) is 55.4 Å². The lowest BCUT2D eigenvalue weighted by atomic mass is 10.3. The molecule has 4 rings (SSSR count). The molecule has 0 aliphatic carbocycles. The van der Waals surface area contributed by atoms with Gasteiger partial charge in [-0.2, -0.15) is 29.9 Å². The van der Waals surface area contributed by atoms with Gasteiger partial charge in [0.15, 0.2) is 0 Å². The molecule has 0 saturated heterocycles. The molecule has 0 bridgehead atoms. The summed E-state index contributed by atoms with van der Waals surface area (Å²) in [5.41, 5.74) is 12.3. The first kappa shape index (κ1) is 23.5. The average Bonchev–Trinajstić information content (AvgIpc) is 3.52. The number of likely N-dealkylation sites (N-methyl/N-ethyl adjacent to an activating group) is 2. The summed E-state index contributed by atoms with van der Waals surface area (Å²) in [4.78, 5) is 29.1. The molecule has 35 heavy (non-hydrogen) atoms. The zero-order chi connectivity index (χ0) is 24.8. The maximum absolute atomic E-state index is 5.91. The average molecular weight is 481 g/mol. The Labute approximate surface area is 201 Å². The number of aromatic nitrogens is 6. The first-order valence-electron chi connectivity index (χ1n) is 10.9. The van der Waals surface area contributed by atoms with Crippen molar-refractivity contribution >= 4 is 41.4 Å². The summed E-state index contributed by atoms with van der Waals surface area (Å²) in [6.45, 7) is 1.26. The second-order valence-electron chi connectivity index (χ2n) is 7.73. The van der Waals surface area contributed by atoms with E-state index in [1.54, 1.807) is 19.6 Å². The van der Waals surface area contributed by atoms with E-state index >= 15 is 0 Å². The molecule has 6 N–H and O–H groups in total. The van der Waals surface area contributed by atoms with Crippen LogP contribution in [0.3, 0.4) is 0 Å². The van der Waals surface area contributed by atoms with E-state index in [1.807, 2.05) is 42.1 Å². The molecular weight excluding hydrogens is 452 g/mol. The minimum Gasteiger partial charge on any atom is -0.469 e. The Hall–Kier alpha value is -4.62. The van der Waals surface area contributed by atoms with Gasteiger partial charge in [-0.25, -0.2) is 0 Å². The van der Waals surface area contributed by atoms with Gasteiger partial charge in [0.25, 0.3) is 0 Å². The number of nitrogens with two attached hydrogens (primary N) is 2. The molecule has 4 heterocycles. The van der Waals surface area contributed by atoms with Crippen molar-refractivity contribution in [2.75, 3.05) is 66.1 Å². The van der Waals surface area contributed by atoms with Gasteiger partial charge in [0, 0.05) is 53.1 Å². The molecule has 0 fully saturated rings. The molecule has 0 aliphatic heterocycles. The number of nitrogens with zero attached hydrogens (tertiary/aromatic N) is 8. The zero-order valence-corrected chi connectivity index (χ0v) is 19.8. The van der Waals surface area contributed by atoms with E-state index in [4.69, 9.17) is 20.3 Å². The minimum atomic E-state index is 0.116. The Morgan fingerprint density at radius 1 is 0.829 bits per heavy atom. The van der Waals surface area contributed by atoms with E-state index in [0.717, 1.165) is 11.5 Å². The summed E-state index contributed by atoms with van der Waals surface area (Å²) < 4.78 is 11.1. The predicted octanol–water partition coefficient (Wildman–Crippen LogP) is 1.55. The van der Waals surface area contributed by atoms with Crippen molar-refractivity contribution in [1.29, 1.82) is 0 Å². The third kappa shape index (κ3) is 6.25. The number of nitrogen functional groups attached to an aromatic ring is 2. The lowest BCUT2D eigenvalue weighted by Gasteiger charge is -2.17. The summed E-state index contributed by atoms with van der Waals surface area (Å²) >= 11 is 0. The van der Waals surface area contributed by atoms with Gasteiger partial charge in [0.2, 0.25) is 35.7 Å². The third-order valence-corrected chi connectivity index (χ3v) is 5.07. The normalized spacial score (nSPS) is 10.8. The molecule has 0 spiro atoms. The fourth-order valence-electron chi connectivity index (χ4n) is 3.19. The lowest BCUT2D eigenvalue weighted by Crippen LogP contribution is -2.23. The second kappa shape index (κ2) is 10.5. The van der Waals surface area contributed by atoms with Crippen LogP contribution in [0.4, 0.5) is 41.4 Å². The van der Waals surface area contributed by atoms with Gasteiger partial charge in [-0.05, 0) is 12.1 Å². The van der Waals surface area contributed by atoms with Crippen LogP contribution in [0.5, 0.6) is 0 Å². The third-order valence-electron chi connectivity index (χ3n) is 5.07. The highest BCUT2D eigenvalue weighted by atomic mass is 16.3. The quantitative estimate of drug-likeness (QED) is 0.242. The first-order valence-corrected chi connectivity index (χ1v) is 10.9. The van der Waals surface area contributed by atoms with Gasteiger partial charge in [0.1, 0.15) is 17.8 Å². The molecule has 4 aromatic rings. The summed E-state index contributed by atoms with van der Waals surface area (Å²) in [7, 11) is 5.47. The Morgan fingerprint density at radius 2 is 1.46 bits per heavy atom. The maximum Gasteiger partial charge on any atom is 0.233 e. The highest BCUT2D eigenvalue weighted by Gasteiger charge is 2.13. The fourth-order valence-corrected chi connectivity index (χ4v) is 3.19. The van der Waals surface area contributed by atoms with Crippen LogP contribution in [0.25, 0.3) is 0 Å². The number of furan rings is 2. The van der Waals surface area contributed by atoms with Crippen molar-refractivity contribution in [2.45, 2.75) is 12.8 Å². The van der Waals surface area contributed by atoms with E-state index < -0.39 is 0 Å². The molecule has 0 saturated carbocycles. The Morgan fingerprint density at radius 3 is 2.09 bits per heavy atom. The molecule has 0 atom stereocenters.